The number of benzene rings is 2. The van der Waals surface area contributed by atoms with Crippen LogP contribution in [0.25, 0.3) is 17.1 Å². The van der Waals surface area contributed by atoms with Gasteiger partial charge in [0.05, 0.1) is 0 Å². The van der Waals surface area contributed by atoms with Crippen LogP contribution < -0.4 is 4.74 Å². The molecule has 36 heavy (non-hydrogen) atoms. The fourth-order valence-corrected chi connectivity index (χ4v) is 4.98. The highest BCUT2D eigenvalue weighted by Gasteiger charge is 2.37. The van der Waals surface area contributed by atoms with E-state index in [0.29, 0.717) is 60.2 Å². The van der Waals surface area contributed by atoms with Gasteiger partial charge in [-0.3, -0.25) is 9.59 Å². The summed E-state index contributed by atoms with van der Waals surface area (Å²) in [7, 11) is 0. The fraction of sp³-hybridized carbons (Fsp3) is 0.360. The van der Waals surface area contributed by atoms with E-state index in [2.05, 4.69) is 20.1 Å². The number of alkyl halides is 3. The summed E-state index contributed by atoms with van der Waals surface area (Å²) >= 11 is 0. The predicted octanol–water partition coefficient (Wildman–Crippen LogP) is 3.88. The second-order valence-electron chi connectivity index (χ2n) is 9.11. The highest BCUT2D eigenvalue weighted by atomic mass is 19.4. The van der Waals surface area contributed by atoms with Gasteiger partial charge < -0.3 is 14.5 Å². The first-order valence-corrected chi connectivity index (χ1v) is 11.7. The molecular formula is C25H24F3N5O3. The molecule has 188 valence electrons. The summed E-state index contributed by atoms with van der Waals surface area (Å²) < 4.78 is 41.2. The molecule has 3 aromatic rings. The number of nitrogens with one attached hydrogen (secondary N) is 1. The molecule has 0 spiro atoms. The van der Waals surface area contributed by atoms with Crippen molar-refractivity contribution in [3.8, 4) is 5.75 Å². The van der Waals surface area contributed by atoms with Crippen molar-refractivity contribution in [2.45, 2.75) is 19.2 Å². The molecule has 0 radical (unpaired) electrons. The smallest absolute Gasteiger partial charge is 0.406 e. The van der Waals surface area contributed by atoms with Crippen LogP contribution in [-0.2, 0) is 4.79 Å². The lowest BCUT2D eigenvalue weighted by molar-refractivity contribution is -0.274. The Kier molecular flexibility index (Phi) is 6.38. The molecular weight excluding hydrogens is 475 g/mol. The molecule has 2 aliphatic rings. The SMILES string of the molecule is O=C(C=Cc1cccc(OC(F)(F)F)c1)N1C[C@H]2CCN(C(=O)c3ccc4n[nH]nc4c3)CC[C@H]2C1. The lowest BCUT2D eigenvalue weighted by Crippen LogP contribution is -2.33. The van der Waals surface area contributed by atoms with Crippen LogP contribution in [0.15, 0.2) is 48.5 Å². The van der Waals surface area contributed by atoms with Crippen molar-refractivity contribution in [2.24, 2.45) is 11.8 Å². The number of carbonyl (C=O) groups excluding carboxylic acids is 2. The summed E-state index contributed by atoms with van der Waals surface area (Å²) in [6, 6.07) is 10.8. The molecule has 1 aromatic heterocycles. The van der Waals surface area contributed by atoms with Gasteiger partial charge >= 0.3 is 6.36 Å². The first kappa shape index (κ1) is 23.8. The van der Waals surface area contributed by atoms with E-state index in [1.165, 1.54) is 30.4 Å². The van der Waals surface area contributed by atoms with Crippen LogP contribution >= 0.6 is 0 Å². The normalized spacial score (nSPS) is 20.5. The Hall–Kier alpha value is -3.89. The summed E-state index contributed by atoms with van der Waals surface area (Å²) in [6.45, 7) is 2.41. The van der Waals surface area contributed by atoms with Gasteiger partial charge in [0.15, 0.2) is 0 Å². The minimum absolute atomic E-state index is 0.0347. The van der Waals surface area contributed by atoms with Crippen molar-refractivity contribution in [2.75, 3.05) is 26.2 Å². The van der Waals surface area contributed by atoms with Gasteiger partial charge in [0, 0.05) is 37.8 Å². The molecule has 8 nitrogen and oxygen atoms in total. The summed E-state index contributed by atoms with van der Waals surface area (Å²) in [5.74, 6) is 0.0375. The topological polar surface area (TPSA) is 91.4 Å². The maximum absolute atomic E-state index is 13.1. The number of amides is 2. The fourth-order valence-electron chi connectivity index (χ4n) is 4.98. The predicted molar refractivity (Wildman–Crippen MR) is 125 cm³/mol. The number of aromatic nitrogens is 3. The molecule has 0 aliphatic carbocycles. The zero-order chi connectivity index (χ0) is 25.3. The van der Waals surface area contributed by atoms with Crippen molar-refractivity contribution in [3.05, 3.63) is 59.7 Å². The van der Waals surface area contributed by atoms with E-state index >= 15 is 0 Å². The van der Waals surface area contributed by atoms with Crippen molar-refractivity contribution < 1.29 is 27.5 Å². The van der Waals surface area contributed by atoms with Gasteiger partial charge in [-0.05, 0) is 66.6 Å². The van der Waals surface area contributed by atoms with Crippen molar-refractivity contribution in [1.82, 2.24) is 25.2 Å². The van der Waals surface area contributed by atoms with Crippen molar-refractivity contribution in [1.29, 1.82) is 0 Å². The lowest BCUT2D eigenvalue weighted by Gasteiger charge is -2.22. The van der Waals surface area contributed by atoms with E-state index in [1.807, 2.05) is 4.90 Å². The van der Waals surface area contributed by atoms with Gasteiger partial charge in [-0.1, -0.05) is 12.1 Å². The second kappa shape index (κ2) is 9.63. The number of halogens is 3. The van der Waals surface area contributed by atoms with E-state index < -0.39 is 6.36 Å². The molecule has 0 unspecified atom stereocenters. The number of likely N-dealkylation sites (tertiary alicyclic amines) is 2. The third-order valence-corrected chi connectivity index (χ3v) is 6.79. The Morgan fingerprint density at radius 3 is 2.42 bits per heavy atom. The van der Waals surface area contributed by atoms with Crippen LogP contribution in [0.2, 0.25) is 0 Å². The van der Waals surface area contributed by atoms with E-state index in [9.17, 15) is 22.8 Å². The van der Waals surface area contributed by atoms with Crippen molar-refractivity contribution >= 4 is 28.9 Å². The lowest BCUT2D eigenvalue weighted by atomic mass is 9.92. The summed E-state index contributed by atoms with van der Waals surface area (Å²) in [5, 5.41) is 10.6. The number of fused-ring (bicyclic) bond motifs is 2. The quantitative estimate of drug-likeness (QED) is 0.551. The van der Waals surface area contributed by atoms with Gasteiger partial charge in [-0.15, -0.1) is 13.2 Å². The average Bonchev–Trinajstić information content (AvgIpc) is 3.43. The van der Waals surface area contributed by atoms with Gasteiger partial charge in [0.2, 0.25) is 5.91 Å². The molecule has 2 atom stereocenters. The third kappa shape index (κ3) is 5.34. The first-order chi connectivity index (χ1) is 17.2. The molecule has 3 heterocycles. The van der Waals surface area contributed by atoms with Crippen LogP contribution in [-0.4, -0.2) is 69.6 Å². The molecule has 2 aromatic carbocycles. The minimum atomic E-state index is -4.77. The van der Waals surface area contributed by atoms with E-state index in [4.69, 9.17) is 0 Å². The van der Waals surface area contributed by atoms with Crippen LogP contribution in [0.4, 0.5) is 13.2 Å². The average molecular weight is 499 g/mol. The number of nitrogens with zero attached hydrogens (tertiary/aromatic N) is 4. The molecule has 2 fully saturated rings. The van der Waals surface area contributed by atoms with Gasteiger partial charge in [0.1, 0.15) is 16.8 Å². The summed E-state index contributed by atoms with van der Waals surface area (Å²) in [6.07, 6.45) is -0.299. The minimum Gasteiger partial charge on any atom is -0.406 e. The second-order valence-corrected chi connectivity index (χ2v) is 9.11. The van der Waals surface area contributed by atoms with E-state index in [1.54, 1.807) is 29.2 Å². The summed E-state index contributed by atoms with van der Waals surface area (Å²) in [5.41, 5.74) is 2.37. The van der Waals surface area contributed by atoms with Crippen LogP contribution in [0.3, 0.4) is 0 Å². The van der Waals surface area contributed by atoms with Crippen LogP contribution in [0.1, 0.15) is 28.8 Å². The number of H-pyrrole nitrogens is 1. The summed E-state index contributed by atoms with van der Waals surface area (Å²) in [4.78, 5) is 29.4. The molecule has 0 saturated carbocycles. The van der Waals surface area contributed by atoms with Crippen LogP contribution in [0, 0.1) is 11.8 Å². The molecule has 0 bridgehead atoms. The maximum Gasteiger partial charge on any atom is 0.573 e. The molecule has 5 rings (SSSR count). The number of hydrogen-bond donors (Lipinski definition) is 1. The highest BCUT2D eigenvalue weighted by molar-refractivity contribution is 5.97. The zero-order valence-corrected chi connectivity index (χ0v) is 19.2. The van der Waals surface area contributed by atoms with Gasteiger partial charge in [-0.25, -0.2) is 0 Å². The number of hydrogen-bond acceptors (Lipinski definition) is 5. The first-order valence-electron chi connectivity index (χ1n) is 11.7. The Bertz CT molecular complexity index is 1290. The Labute approximate surface area is 204 Å². The number of ether oxygens (including phenoxy) is 1. The Morgan fingerprint density at radius 2 is 1.69 bits per heavy atom. The van der Waals surface area contributed by atoms with E-state index in [0.717, 1.165) is 12.8 Å². The van der Waals surface area contributed by atoms with Crippen molar-refractivity contribution in [3.63, 3.8) is 0 Å². The molecule has 11 heteroatoms. The molecule has 2 aliphatic heterocycles. The number of aromatic amines is 1. The van der Waals surface area contributed by atoms with Gasteiger partial charge in [-0.2, -0.15) is 15.4 Å². The molecule has 2 amide bonds. The third-order valence-electron chi connectivity index (χ3n) is 6.79. The van der Waals surface area contributed by atoms with Crippen LogP contribution in [0.5, 0.6) is 5.75 Å². The largest absolute Gasteiger partial charge is 0.573 e. The van der Waals surface area contributed by atoms with E-state index in [-0.39, 0.29) is 17.6 Å². The number of carbonyl (C=O) groups is 2. The van der Waals surface area contributed by atoms with Gasteiger partial charge in [0.25, 0.3) is 5.91 Å². The maximum atomic E-state index is 13.1. The molecule has 1 N–H and O–H groups in total. The highest BCUT2D eigenvalue weighted by Crippen LogP contribution is 2.32. The number of rotatable bonds is 4. The standard InChI is InChI=1S/C25H24F3N5O3/c26-25(27,28)36-20-3-1-2-16(12-20)4-7-23(34)33-14-18-8-10-32(11-9-19(18)15-33)24(35)17-5-6-21-22(13-17)30-31-29-21/h1-7,12-13,18-19H,8-11,14-15H2,(H,29,30,31)/t18-,19+. The monoisotopic (exact) mass is 499 g/mol. The Balaban J connectivity index is 1.17. The molecule has 2 saturated heterocycles. The Morgan fingerprint density at radius 1 is 0.972 bits per heavy atom. The zero-order valence-electron chi connectivity index (χ0n) is 19.2.